The van der Waals surface area contributed by atoms with Crippen molar-refractivity contribution < 1.29 is 21.9 Å². The Bertz CT molecular complexity index is 958. The van der Waals surface area contributed by atoms with E-state index in [1.165, 1.54) is 12.1 Å². The molecule has 2 aromatic rings. The topological polar surface area (TPSA) is 79.8 Å². The van der Waals surface area contributed by atoms with E-state index < -0.39 is 16.4 Å². The average molecular weight is 574 g/mol. The maximum atomic E-state index is 12.5. The molecule has 0 radical (unpaired) electrons. The Morgan fingerprint density at radius 2 is 1.83 bits per heavy atom. The van der Waals surface area contributed by atoms with Gasteiger partial charge in [-0.2, -0.15) is 8.78 Å². The second-order valence-electron chi connectivity index (χ2n) is 6.15. The summed E-state index contributed by atoms with van der Waals surface area (Å²) in [7, 11) is -1.63. The van der Waals surface area contributed by atoms with Gasteiger partial charge in [0.2, 0.25) is 0 Å². The molecule has 0 saturated carbocycles. The number of guanidine groups is 1. The van der Waals surface area contributed by atoms with Crippen molar-refractivity contribution in [1.29, 1.82) is 0 Å². The molecule has 30 heavy (non-hydrogen) atoms. The summed E-state index contributed by atoms with van der Waals surface area (Å²) in [5.74, 6) is 0.513. The normalized spacial score (nSPS) is 11.7. The van der Waals surface area contributed by atoms with E-state index in [0.29, 0.717) is 29.5 Å². The molecule has 0 unspecified atom stereocenters. The quantitative estimate of drug-likeness (QED) is 0.285. The first-order chi connectivity index (χ1) is 13.7. The SMILES string of the molecule is CN=C(NCCc1ccc(S(C)(=O)=O)cc1)NCc1cc(Cl)ccc1OC(F)F.I. The van der Waals surface area contributed by atoms with E-state index in [0.717, 1.165) is 11.8 Å². The van der Waals surface area contributed by atoms with Gasteiger partial charge < -0.3 is 15.4 Å². The number of sulfone groups is 1. The van der Waals surface area contributed by atoms with Crippen LogP contribution in [0.5, 0.6) is 5.75 Å². The molecule has 2 aromatic carbocycles. The third-order valence-corrected chi connectivity index (χ3v) is 5.33. The minimum Gasteiger partial charge on any atom is -0.434 e. The van der Waals surface area contributed by atoms with Crippen molar-refractivity contribution in [3.8, 4) is 5.75 Å². The molecule has 0 aliphatic heterocycles. The van der Waals surface area contributed by atoms with E-state index >= 15 is 0 Å². The molecule has 0 saturated heterocycles. The van der Waals surface area contributed by atoms with Gasteiger partial charge in [0.05, 0.1) is 4.90 Å². The molecule has 166 valence electrons. The lowest BCUT2D eigenvalue weighted by atomic mass is 10.1. The van der Waals surface area contributed by atoms with Gasteiger partial charge in [-0.05, 0) is 42.3 Å². The van der Waals surface area contributed by atoms with E-state index in [-0.39, 0.29) is 41.2 Å². The summed E-state index contributed by atoms with van der Waals surface area (Å²) < 4.78 is 52.6. The Hall–Kier alpha value is -1.66. The van der Waals surface area contributed by atoms with Crippen LogP contribution in [0.3, 0.4) is 0 Å². The minimum absolute atomic E-state index is 0. The second-order valence-corrected chi connectivity index (χ2v) is 8.60. The van der Waals surface area contributed by atoms with Crippen LogP contribution in [0.15, 0.2) is 52.4 Å². The van der Waals surface area contributed by atoms with Gasteiger partial charge in [-0.3, -0.25) is 4.99 Å². The standard InChI is InChI=1S/C19H22ClF2N3O3S.HI/c1-23-19(24-10-9-13-3-6-16(7-4-13)29(2,26)27)25-12-14-11-15(20)5-8-17(14)28-18(21)22;/h3-8,11,18H,9-10,12H2,1-2H3,(H2,23,24,25);1H. The first-order valence-electron chi connectivity index (χ1n) is 8.66. The molecule has 0 aliphatic carbocycles. The van der Waals surface area contributed by atoms with Crippen molar-refractivity contribution >= 4 is 51.4 Å². The molecule has 0 spiro atoms. The largest absolute Gasteiger partial charge is 0.434 e. The molecule has 2 N–H and O–H groups in total. The van der Waals surface area contributed by atoms with Crippen LogP contribution >= 0.6 is 35.6 Å². The van der Waals surface area contributed by atoms with Crippen LogP contribution in [0.25, 0.3) is 0 Å². The third-order valence-electron chi connectivity index (χ3n) is 3.97. The molecular weight excluding hydrogens is 551 g/mol. The number of alkyl halides is 2. The number of hydrogen-bond acceptors (Lipinski definition) is 4. The van der Waals surface area contributed by atoms with Crippen LogP contribution in [0, 0.1) is 0 Å². The maximum Gasteiger partial charge on any atom is 0.387 e. The van der Waals surface area contributed by atoms with Crippen LogP contribution in [0.1, 0.15) is 11.1 Å². The predicted octanol–water partition coefficient (Wildman–Crippen LogP) is 3.87. The Morgan fingerprint density at radius 3 is 2.40 bits per heavy atom. The lowest BCUT2D eigenvalue weighted by Gasteiger charge is -2.15. The number of rotatable bonds is 8. The lowest BCUT2D eigenvalue weighted by Crippen LogP contribution is -2.38. The van der Waals surface area contributed by atoms with Crippen molar-refractivity contribution in [1.82, 2.24) is 10.6 Å². The number of nitrogens with zero attached hydrogens (tertiary/aromatic N) is 1. The highest BCUT2D eigenvalue weighted by Gasteiger charge is 2.11. The molecule has 2 rings (SSSR count). The van der Waals surface area contributed by atoms with Gasteiger partial charge in [0, 0.05) is 37.0 Å². The van der Waals surface area contributed by atoms with Crippen molar-refractivity contribution in [3.05, 3.63) is 58.6 Å². The summed E-state index contributed by atoms with van der Waals surface area (Å²) in [6.07, 6.45) is 1.80. The first kappa shape index (κ1) is 26.4. The number of ether oxygens (including phenoxy) is 1. The zero-order valence-corrected chi connectivity index (χ0v) is 20.3. The van der Waals surface area contributed by atoms with Gasteiger partial charge >= 0.3 is 6.61 Å². The maximum absolute atomic E-state index is 12.5. The molecule has 0 aromatic heterocycles. The molecule has 0 aliphatic rings. The average Bonchev–Trinajstić information content (AvgIpc) is 2.65. The number of aliphatic imine (C=N–C) groups is 1. The van der Waals surface area contributed by atoms with Crippen LogP contribution in [0.2, 0.25) is 5.02 Å². The summed E-state index contributed by atoms with van der Waals surface area (Å²) in [6.45, 7) is -2.21. The van der Waals surface area contributed by atoms with Crippen LogP contribution in [0.4, 0.5) is 8.78 Å². The highest BCUT2D eigenvalue weighted by atomic mass is 127. The Morgan fingerprint density at radius 1 is 1.17 bits per heavy atom. The zero-order valence-electron chi connectivity index (χ0n) is 16.4. The number of halogens is 4. The van der Waals surface area contributed by atoms with Crippen molar-refractivity contribution in [3.63, 3.8) is 0 Å². The van der Waals surface area contributed by atoms with Gasteiger partial charge in [-0.1, -0.05) is 23.7 Å². The Kier molecular flexibility index (Phi) is 10.8. The van der Waals surface area contributed by atoms with Crippen molar-refractivity contribution in [2.45, 2.75) is 24.5 Å². The first-order valence-corrected chi connectivity index (χ1v) is 10.9. The van der Waals surface area contributed by atoms with E-state index in [1.54, 1.807) is 37.4 Å². The summed E-state index contributed by atoms with van der Waals surface area (Å²) in [4.78, 5) is 4.36. The smallest absolute Gasteiger partial charge is 0.387 e. The summed E-state index contributed by atoms with van der Waals surface area (Å²) in [5, 5.41) is 6.53. The van der Waals surface area contributed by atoms with Gasteiger partial charge in [0.25, 0.3) is 0 Å². The van der Waals surface area contributed by atoms with Crippen molar-refractivity contribution in [2.24, 2.45) is 4.99 Å². The second kappa shape index (κ2) is 12.3. The highest BCUT2D eigenvalue weighted by molar-refractivity contribution is 14.0. The molecular formula is C19H23ClF2IN3O3S. The summed E-state index contributed by atoms with van der Waals surface area (Å²) in [6, 6.07) is 11.1. The van der Waals surface area contributed by atoms with Crippen molar-refractivity contribution in [2.75, 3.05) is 19.8 Å². The van der Waals surface area contributed by atoms with E-state index in [1.807, 2.05) is 0 Å². The Labute approximate surface area is 197 Å². The number of nitrogens with one attached hydrogen (secondary N) is 2. The zero-order chi connectivity index (χ0) is 21.4. The van der Waals surface area contributed by atoms with Crippen LogP contribution in [-0.4, -0.2) is 40.8 Å². The molecule has 6 nitrogen and oxygen atoms in total. The lowest BCUT2D eigenvalue weighted by molar-refractivity contribution is -0.0504. The molecule has 0 bridgehead atoms. The fourth-order valence-corrected chi connectivity index (χ4v) is 3.35. The Balaban J connectivity index is 0.00000450. The predicted molar refractivity (Wildman–Crippen MR) is 125 cm³/mol. The van der Waals surface area contributed by atoms with Gasteiger partial charge in [-0.15, -0.1) is 24.0 Å². The van der Waals surface area contributed by atoms with E-state index in [2.05, 4.69) is 20.4 Å². The van der Waals surface area contributed by atoms with Gasteiger partial charge in [0.15, 0.2) is 15.8 Å². The summed E-state index contributed by atoms with van der Waals surface area (Å²) >= 11 is 5.94. The summed E-state index contributed by atoms with van der Waals surface area (Å²) in [5.41, 5.74) is 1.43. The van der Waals surface area contributed by atoms with Crippen LogP contribution in [-0.2, 0) is 22.8 Å². The number of benzene rings is 2. The van der Waals surface area contributed by atoms with Gasteiger partial charge in [-0.25, -0.2) is 8.42 Å². The fourth-order valence-electron chi connectivity index (χ4n) is 2.53. The molecule has 0 atom stereocenters. The number of hydrogen-bond donors (Lipinski definition) is 2. The van der Waals surface area contributed by atoms with E-state index in [9.17, 15) is 17.2 Å². The molecule has 0 amide bonds. The molecule has 0 fully saturated rings. The van der Waals surface area contributed by atoms with Gasteiger partial charge in [0.1, 0.15) is 5.75 Å². The molecule has 11 heteroatoms. The van der Waals surface area contributed by atoms with E-state index in [4.69, 9.17) is 11.6 Å². The third kappa shape index (κ3) is 8.60. The monoisotopic (exact) mass is 573 g/mol. The fraction of sp³-hybridized carbons (Fsp3) is 0.316. The highest BCUT2D eigenvalue weighted by Crippen LogP contribution is 2.24. The molecule has 0 heterocycles. The minimum atomic E-state index is -3.22. The van der Waals surface area contributed by atoms with Crippen LogP contribution < -0.4 is 15.4 Å².